The monoisotopic (exact) mass is 376 g/mol. The summed E-state index contributed by atoms with van der Waals surface area (Å²) in [5.74, 6) is -0.703. The molecule has 0 radical (unpaired) electrons. The van der Waals surface area contributed by atoms with E-state index in [9.17, 15) is 13.2 Å². The second-order valence-electron chi connectivity index (χ2n) is 4.68. The highest BCUT2D eigenvalue weighted by molar-refractivity contribution is 7.91. The van der Waals surface area contributed by atoms with Gasteiger partial charge in [-0.05, 0) is 25.1 Å². The number of aryl methyl sites for hydroxylation is 1. The Bertz CT molecular complexity index is 875. The van der Waals surface area contributed by atoms with Crippen LogP contribution >= 0.6 is 23.2 Å². The van der Waals surface area contributed by atoms with E-state index in [1.807, 2.05) is 0 Å². The maximum Gasteiger partial charge on any atom is 0.339 e. The number of hydrogen-bond donors (Lipinski definition) is 0. The van der Waals surface area contributed by atoms with Crippen LogP contribution in [0.2, 0.25) is 10.2 Å². The summed E-state index contributed by atoms with van der Waals surface area (Å²) in [5, 5.41) is 4.33. The van der Waals surface area contributed by atoms with E-state index in [4.69, 9.17) is 23.2 Å². The van der Waals surface area contributed by atoms with E-state index in [2.05, 4.69) is 9.84 Å². The van der Waals surface area contributed by atoms with Gasteiger partial charge in [-0.3, -0.25) is 0 Å². The molecule has 0 spiro atoms. The van der Waals surface area contributed by atoms with Crippen molar-refractivity contribution in [3.8, 4) is 5.69 Å². The lowest BCUT2D eigenvalue weighted by atomic mass is 10.2. The maximum absolute atomic E-state index is 12.1. The maximum atomic E-state index is 12.1. The normalized spacial score (nSPS) is 11.5. The molecule has 2 rings (SSSR count). The number of nitrogens with zero attached hydrogens (tertiary/aromatic N) is 2. The van der Waals surface area contributed by atoms with Gasteiger partial charge in [0.15, 0.2) is 15.0 Å². The molecule has 124 valence electrons. The van der Waals surface area contributed by atoms with Gasteiger partial charge in [0.1, 0.15) is 4.90 Å². The molecule has 0 unspecified atom stereocenters. The number of methoxy groups -OCH3 is 1. The number of sulfone groups is 1. The standard InChI is InChI=1S/C14H14Cl2N2O4S/c1-4-23(20,21)12-8(2)17-18(13(12)16)9-5-6-11(15)10(7-9)14(19)22-3/h5-7H,4H2,1-3H3. The topological polar surface area (TPSA) is 78.3 Å². The first-order valence-electron chi connectivity index (χ1n) is 6.59. The van der Waals surface area contributed by atoms with Gasteiger partial charge in [-0.2, -0.15) is 5.10 Å². The van der Waals surface area contributed by atoms with Crippen molar-refractivity contribution in [2.45, 2.75) is 18.7 Å². The van der Waals surface area contributed by atoms with Crippen LogP contribution in [0.25, 0.3) is 5.69 Å². The molecular formula is C14H14Cl2N2O4S. The lowest BCUT2D eigenvalue weighted by Crippen LogP contribution is -2.06. The minimum atomic E-state index is -3.52. The number of rotatable bonds is 4. The van der Waals surface area contributed by atoms with Gasteiger partial charge in [-0.15, -0.1) is 0 Å². The quantitative estimate of drug-likeness (QED) is 0.766. The Morgan fingerprint density at radius 1 is 1.35 bits per heavy atom. The van der Waals surface area contributed by atoms with Gasteiger partial charge >= 0.3 is 5.97 Å². The third-order valence-electron chi connectivity index (χ3n) is 3.24. The van der Waals surface area contributed by atoms with Crippen LogP contribution < -0.4 is 0 Å². The molecule has 2 aromatic rings. The molecule has 0 aliphatic heterocycles. The van der Waals surface area contributed by atoms with Crippen LogP contribution in [-0.4, -0.2) is 37.0 Å². The van der Waals surface area contributed by atoms with E-state index in [0.29, 0.717) is 5.69 Å². The predicted octanol–water partition coefficient (Wildman–Crippen LogP) is 3.07. The Morgan fingerprint density at radius 2 is 2.00 bits per heavy atom. The highest BCUT2D eigenvalue weighted by Gasteiger charge is 2.25. The Labute approximate surface area is 143 Å². The van der Waals surface area contributed by atoms with Crippen molar-refractivity contribution in [3.63, 3.8) is 0 Å². The summed E-state index contributed by atoms with van der Waals surface area (Å²) in [6, 6.07) is 4.51. The number of benzene rings is 1. The summed E-state index contributed by atoms with van der Waals surface area (Å²) in [6.45, 7) is 3.09. The Balaban J connectivity index is 2.66. The largest absolute Gasteiger partial charge is 0.465 e. The lowest BCUT2D eigenvalue weighted by molar-refractivity contribution is 0.0601. The van der Waals surface area contributed by atoms with Crippen LogP contribution in [0.5, 0.6) is 0 Å². The molecule has 0 bridgehead atoms. The van der Waals surface area contributed by atoms with E-state index in [-0.39, 0.29) is 32.1 Å². The van der Waals surface area contributed by atoms with Crippen molar-refractivity contribution in [1.29, 1.82) is 0 Å². The van der Waals surface area contributed by atoms with Crippen LogP contribution in [0.4, 0.5) is 0 Å². The molecule has 0 N–H and O–H groups in total. The molecule has 1 heterocycles. The zero-order valence-electron chi connectivity index (χ0n) is 12.6. The van der Waals surface area contributed by atoms with Crippen molar-refractivity contribution >= 4 is 39.0 Å². The Morgan fingerprint density at radius 3 is 2.57 bits per heavy atom. The van der Waals surface area contributed by atoms with E-state index < -0.39 is 15.8 Å². The lowest BCUT2D eigenvalue weighted by Gasteiger charge is -2.07. The molecular weight excluding hydrogens is 363 g/mol. The summed E-state index contributed by atoms with van der Waals surface area (Å²) < 4.78 is 30.2. The van der Waals surface area contributed by atoms with Crippen molar-refractivity contribution in [2.75, 3.05) is 12.9 Å². The van der Waals surface area contributed by atoms with Crippen LogP contribution in [-0.2, 0) is 14.6 Å². The van der Waals surface area contributed by atoms with Crippen LogP contribution in [0, 0.1) is 6.92 Å². The molecule has 0 aliphatic rings. The molecule has 9 heteroatoms. The van der Waals surface area contributed by atoms with Gasteiger partial charge in [0.2, 0.25) is 0 Å². The Kier molecular flexibility index (Phi) is 5.03. The SMILES string of the molecule is CCS(=O)(=O)c1c(C)nn(-c2ccc(Cl)c(C(=O)OC)c2)c1Cl. The minimum Gasteiger partial charge on any atom is -0.465 e. The molecule has 6 nitrogen and oxygen atoms in total. The molecule has 0 amide bonds. The van der Waals surface area contributed by atoms with Crippen LogP contribution in [0.1, 0.15) is 23.0 Å². The average Bonchev–Trinajstić information content (AvgIpc) is 2.82. The average molecular weight is 377 g/mol. The van der Waals surface area contributed by atoms with Crippen LogP contribution in [0.15, 0.2) is 23.1 Å². The highest BCUT2D eigenvalue weighted by atomic mass is 35.5. The zero-order chi connectivity index (χ0) is 17.4. The number of hydrogen-bond acceptors (Lipinski definition) is 5. The predicted molar refractivity (Wildman–Crippen MR) is 87.4 cm³/mol. The number of ether oxygens (including phenoxy) is 1. The minimum absolute atomic E-state index is 0.0174. The summed E-state index contributed by atoms with van der Waals surface area (Å²) in [6.07, 6.45) is 0. The fraction of sp³-hybridized carbons (Fsp3) is 0.286. The van der Waals surface area contributed by atoms with Crippen molar-refractivity contribution in [2.24, 2.45) is 0 Å². The second kappa shape index (κ2) is 6.51. The van der Waals surface area contributed by atoms with E-state index >= 15 is 0 Å². The van der Waals surface area contributed by atoms with Gasteiger partial charge in [-0.25, -0.2) is 17.9 Å². The molecule has 0 atom stereocenters. The van der Waals surface area contributed by atoms with Gasteiger partial charge in [0, 0.05) is 0 Å². The molecule has 1 aromatic carbocycles. The number of carbonyl (C=O) groups is 1. The van der Waals surface area contributed by atoms with Crippen molar-refractivity contribution in [3.05, 3.63) is 39.6 Å². The number of carbonyl (C=O) groups excluding carboxylic acids is 1. The fourth-order valence-corrected chi connectivity index (χ4v) is 4.01. The third kappa shape index (κ3) is 3.22. The number of halogens is 2. The van der Waals surface area contributed by atoms with Gasteiger partial charge < -0.3 is 4.74 Å². The molecule has 0 aliphatic carbocycles. The first kappa shape index (κ1) is 17.8. The molecule has 1 aromatic heterocycles. The Hall–Kier alpha value is -1.57. The van der Waals surface area contributed by atoms with E-state index in [0.717, 1.165) is 0 Å². The summed E-state index contributed by atoms with van der Waals surface area (Å²) in [7, 11) is -2.28. The van der Waals surface area contributed by atoms with E-state index in [1.165, 1.54) is 30.8 Å². The molecule has 0 saturated carbocycles. The third-order valence-corrected chi connectivity index (χ3v) is 5.90. The first-order chi connectivity index (χ1) is 10.7. The van der Waals surface area contributed by atoms with Gasteiger partial charge in [0.05, 0.1) is 34.8 Å². The van der Waals surface area contributed by atoms with Crippen molar-refractivity contribution < 1.29 is 17.9 Å². The molecule has 0 saturated heterocycles. The van der Waals surface area contributed by atoms with Crippen LogP contribution in [0.3, 0.4) is 0 Å². The molecule has 0 fully saturated rings. The van der Waals surface area contributed by atoms with Crippen molar-refractivity contribution in [1.82, 2.24) is 9.78 Å². The smallest absolute Gasteiger partial charge is 0.339 e. The number of aromatic nitrogens is 2. The zero-order valence-corrected chi connectivity index (χ0v) is 15.0. The highest BCUT2D eigenvalue weighted by Crippen LogP contribution is 2.30. The van der Waals surface area contributed by atoms with E-state index in [1.54, 1.807) is 13.0 Å². The second-order valence-corrected chi connectivity index (χ2v) is 7.66. The fourth-order valence-electron chi connectivity index (χ4n) is 2.06. The number of esters is 1. The first-order valence-corrected chi connectivity index (χ1v) is 8.99. The van der Waals surface area contributed by atoms with Gasteiger partial charge in [0.25, 0.3) is 0 Å². The molecule has 23 heavy (non-hydrogen) atoms. The van der Waals surface area contributed by atoms with Gasteiger partial charge in [-0.1, -0.05) is 30.1 Å². The summed E-state index contributed by atoms with van der Waals surface area (Å²) in [5.41, 5.74) is 0.822. The summed E-state index contributed by atoms with van der Waals surface area (Å²) in [4.78, 5) is 11.7. The summed E-state index contributed by atoms with van der Waals surface area (Å²) >= 11 is 12.2.